The van der Waals surface area contributed by atoms with Gasteiger partial charge >= 0.3 is 0 Å². The first kappa shape index (κ1) is 18.3. The molecule has 1 amide bonds. The zero-order valence-corrected chi connectivity index (χ0v) is 15.2. The maximum Gasteiger partial charge on any atom is 0.274 e. The second-order valence-corrected chi connectivity index (χ2v) is 6.22. The van der Waals surface area contributed by atoms with Gasteiger partial charge in [-0.1, -0.05) is 29.8 Å². The summed E-state index contributed by atoms with van der Waals surface area (Å²) >= 11 is 0. The van der Waals surface area contributed by atoms with Crippen molar-refractivity contribution in [2.24, 2.45) is 0 Å². The van der Waals surface area contributed by atoms with Crippen LogP contribution in [0.4, 0.5) is 11.5 Å². The number of aryl methyl sites for hydroxylation is 1. The highest BCUT2D eigenvalue weighted by molar-refractivity contribution is 6.03. The molecule has 3 aromatic rings. The second-order valence-electron chi connectivity index (χ2n) is 6.22. The first-order chi connectivity index (χ1) is 13.0. The van der Waals surface area contributed by atoms with Gasteiger partial charge in [0.05, 0.1) is 0 Å². The maximum absolute atomic E-state index is 12.4. The lowest BCUT2D eigenvalue weighted by molar-refractivity contribution is 0.101. The average molecular weight is 360 g/mol. The monoisotopic (exact) mass is 360 g/mol. The summed E-state index contributed by atoms with van der Waals surface area (Å²) in [5.74, 6) is 0.210. The molecule has 27 heavy (non-hydrogen) atoms. The molecule has 0 bridgehead atoms. The molecule has 6 heteroatoms. The van der Waals surface area contributed by atoms with Gasteiger partial charge in [-0.15, -0.1) is 0 Å². The molecule has 0 unspecified atom stereocenters. The number of nitrogens with one attached hydrogen (secondary N) is 2. The van der Waals surface area contributed by atoms with E-state index in [-0.39, 0.29) is 17.4 Å². The topological polar surface area (TPSA) is 84.0 Å². The van der Waals surface area contributed by atoms with Crippen LogP contribution in [0.25, 0.3) is 0 Å². The summed E-state index contributed by atoms with van der Waals surface area (Å²) < 4.78 is 0. The van der Waals surface area contributed by atoms with Crippen molar-refractivity contribution in [2.45, 2.75) is 20.4 Å². The highest BCUT2D eigenvalue weighted by Gasteiger charge is 2.10. The molecule has 0 aliphatic heterocycles. The highest BCUT2D eigenvalue weighted by atomic mass is 16.2. The van der Waals surface area contributed by atoms with Gasteiger partial charge in [-0.3, -0.25) is 9.59 Å². The Bertz CT molecular complexity index is 951. The largest absolute Gasteiger partial charge is 0.366 e. The predicted molar refractivity (Wildman–Crippen MR) is 105 cm³/mol. The van der Waals surface area contributed by atoms with Crippen molar-refractivity contribution < 1.29 is 9.59 Å². The Hall–Kier alpha value is -3.54. The van der Waals surface area contributed by atoms with E-state index in [2.05, 4.69) is 20.6 Å². The molecule has 136 valence electrons. The van der Waals surface area contributed by atoms with E-state index in [0.29, 0.717) is 23.6 Å². The van der Waals surface area contributed by atoms with E-state index in [9.17, 15) is 9.59 Å². The molecule has 3 rings (SSSR count). The smallest absolute Gasteiger partial charge is 0.274 e. The Morgan fingerprint density at radius 2 is 1.67 bits per heavy atom. The van der Waals surface area contributed by atoms with Gasteiger partial charge in [-0.05, 0) is 43.7 Å². The molecule has 0 spiro atoms. The number of aromatic nitrogens is 2. The number of ketones is 1. The van der Waals surface area contributed by atoms with E-state index in [1.165, 1.54) is 18.8 Å². The SMILES string of the molecule is CC(=O)c1ccc(NC(=O)c2cc(NCc3ccc(C)cc3)ncn2)cc1. The van der Waals surface area contributed by atoms with E-state index in [0.717, 1.165) is 5.56 Å². The molecule has 0 aliphatic rings. The number of Topliss-reactive ketones (excluding diaryl/α,β-unsaturated/α-hetero) is 1. The number of benzene rings is 2. The predicted octanol–water partition coefficient (Wildman–Crippen LogP) is 3.85. The summed E-state index contributed by atoms with van der Waals surface area (Å²) in [6.07, 6.45) is 1.35. The number of amides is 1. The van der Waals surface area contributed by atoms with Gasteiger partial charge < -0.3 is 10.6 Å². The summed E-state index contributed by atoms with van der Waals surface area (Å²) in [4.78, 5) is 31.9. The minimum atomic E-state index is -0.341. The van der Waals surface area contributed by atoms with Crippen molar-refractivity contribution in [3.8, 4) is 0 Å². The van der Waals surface area contributed by atoms with Gasteiger partial charge in [0.2, 0.25) is 0 Å². The molecule has 2 N–H and O–H groups in total. The molecule has 0 aliphatic carbocycles. The molecule has 0 atom stereocenters. The van der Waals surface area contributed by atoms with Gasteiger partial charge in [0.1, 0.15) is 17.8 Å². The highest BCUT2D eigenvalue weighted by Crippen LogP contribution is 2.13. The van der Waals surface area contributed by atoms with Crippen molar-refractivity contribution in [3.05, 3.63) is 83.3 Å². The number of rotatable bonds is 6. The van der Waals surface area contributed by atoms with Crippen LogP contribution in [0.1, 0.15) is 38.9 Å². The fourth-order valence-electron chi connectivity index (χ4n) is 2.46. The molecular weight excluding hydrogens is 340 g/mol. The normalized spacial score (nSPS) is 10.3. The fraction of sp³-hybridized carbons (Fsp3) is 0.143. The first-order valence-corrected chi connectivity index (χ1v) is 8.55. The molecule has 2 aromatic carbocycles. The molecular formula is C21H20N4O2. The third kappa shape index (κ3) is 4.98. The summed E-state index contributed by atoms with van der Waals surface area (Å²) in [6, 6.07) is 16.5. The maximum atomic E-state index is 12.4. The number of hydrogen-bond donors (Lipinski definition) is 2. The number of carbonyl (C=O) groups is 2. The second kappa shape index (κ2) is 8.23. The molecule has 0 fully saturated rings. The zero-order chi connectivity index (χ0) is 19.2. The van der Waals surface area contributed by atoms with Gasteiger partial charge in [0.25, 0.3) is 5.91 Å². The molecule has 1 heterocycles. The number of hydrogen-bond acceptors (Lipinski definition) is 5. The van der Waals surface area contributed by atoms with E-state index in [1.54, 1.807) is 30.3 Å². The average Bonchev–Trinajstić information content (AvgIpc) is 2.68. The summed E-state index contributed by atoms with van der Waals surface area (Å²) in [5.41, 5.74) is 3.77. The van der Waals surface area contributed by atoms with E-state index < -0.39 is 0 Å². The van der Waals surface area contributed by atoms with E-state index >= 15 is 0 Å². The summed E-state index contributed by atoms with van der Waals surface area (Å²) in [7, 11) is 0. The van der Waals surface area contributed by atoms with Crippen LogP contribution in [0.3, 0.4) is 0 Å². The standard InChI is InChI=1S/C21H20N4O2/c1-14-3-5-16(6-4-14)12-22-20-11-19(23-13-24-20)21(27)25-18-9-7-17(8-10-18)15(2)26/h3-11,13H,12H2,1-2H3,(H,25,27)(H,22,23,24). The Morgan fingerprint density at radius 3 is 2.33 bits per heavy atom. The molecule has 1 aromatic heterocycles. The first-order valence-electron chi connectivity index (χ1n) is 8.55. The minimum Gasteiger partial charge on any atom is -0.366 e. The Kier molecular flexibility index (Phi) is 5.56. The van der Waals surface area contributed by atoms with Crippen LogP contribution in [0.15, 0.2) is 60.9 Å². The minimum absolute atomic E-state index is 0.0204. The van der Waals surface area contributed by atoms with Gasteiger partial charge in [0.15, 0.2) is 5.78 Å². The molecule has 0 saturated heterocycles. The molecule has 0 radical (unpaired) electrons. The van der Waals surface area contributed by atoms with Crippen LogP contribution in [0, 0.1) is 6.92 Å². The van der Waals surface area contributed by atoms with Crippen LogP contribution >= 0.6 is 0 Å². The van der Waals surface area contributed by atoms with Crippen LogP contribution in [0.5, 0.6) is 0 Å². The van der Waals surface area contributed by atoms with Crippen LogP contribution in [-0.2, 0) is 6.54 Å². The van der Waals surface area contributed by atoms with E-state index in [4.69, 9.17) is 0 Å². The van der Waals surface area contributed by atoms with Gasteiger partial charge in [-0.2, -0.15) is 0 Å². The number of nitrogens with zero attached hydrogens (tertiary/aromatic N) is 2. The molecule has 0 saturated carbocycles. The number of carbonyl (C=O) groups excluding carboxylic acids is 2. The van der Waals surface area contributed by atoms with Crippen molar-refractivity contribution in [1.82, 2.24) is 9.97 Å². The Labute approximate surface area is 157 Å². The van der Waals surface area contributed by atoms with Crippen LogP contribution in [-0.4, -0.2) is 21.7 Å². The van der Waals surface area contributed by atoms with Crippen molar-refractivity contribution in [1.29, 1.82) is 0 Å². The lowest BCUT2D eigenvalue weighted by Gasteiger charge is -2.08. The third-order valence-electron chi connectivity index (χ3n) is 4.04. The quantitative estimate of drug-likeness (QED) is 0.652. The Balaban J connectivity index is 1.64. The molecule has 6 nitrogen and oxygen atoms in total. The van der Waals surface area contributed by atoms with Crippen LogP contribution in [0.2, 0.25) is 0 Å². The third-order valence-corrected chi connectivity index (χ3v) is 4.04. The van der Waals surface area contributed by atoms with Crippen molar-refractivity contribution in [2.75, 3.05) is 10.6 Å². The van der Waals surface area contributed by atoms with E-state index in [1.807, 2.05) is 31.2 Å². The van der Waals surface area contributed by atoms with Crippen molar-refractivity contribution in [3.63, 3.8) is 0 Å². The lowest BCUT2D eigenvalue weighted by atomic mass is 10.1. The number of anilines is 2. The zero-order valence-electron chi connectivity index (χ0n) is 15.2. The fourth-order valence-corrected chi connectivity index (χ4v) is 2.46. The summed E-state index contributed by atoms with van der Waals surface area (Å²) in [6.45, 7) is 4.14. The van der Waals surface area contributed by atoms with Crippen molar-refractivity contribution >= 4 is 23.2 Å². The van der Waals surface area contributed by atoms with Gasteiger partial charge in [0, 0.05) is 23.9 Å². The van der Waals surface area contributed by atoms with Crippen LogP contribution < -0.4 is 10.6 Å². The Morgan fingerprint density at radius 1 is 0.963 bits per heavy atom. The summed E-state index contributed by atoms with van der Waals surface area (Å²) in [5, 5.41) is 5.95. The van der Waals surface area contributed by atoms with Gasteiger partial charge in [-0.25, -0.2) is 9.97 Å². The lowest BCUT2D eigenvalue weighted by Crippen LogP contribution is -2.14.